The van der Waals surface area contributed by atoms with Crippen molar-refractivity contribution in [1.82, 2.24) is 24.4 Å². The first-order chi connectivity index (χ1) is 17.6. The average molecular weight is 517 g/mol. The Bertz CT molecular complexity index is 1460. The van der Waals surface area contributed by atoms with Crippen molar-refractivity contribution in [3.8, 4) is 23.6 Å². The molecule has 2 aromatic heterocycles. The molecule has 14 heteroatoms. The van der Waals surface area contributed by atoms with Gasteiger partial charge in [0.05, 0.1) is 13.1 Å². The SMILES string of the molecule is O=C(O)C(F)(F)F.[C-]#[N+]c1cccc(Oc2nc3nc(N4CCNCC4)n(CC#CC)c3c(=O)n2C)c1. The number of aromatic nitrogens is 4. The number of fused-ring (bicyclic) bond motifs is 1. The lowest BCUT2D eigenvalue weighted by atomic mass is 10.3. The molecular formula is C23H22F3N7O4. The molecule has 3 heterocycles. The second-order valence-electron chi connectivity index (χ2n) is 7.61. The molecule has 0 radical (unpaired) electrons. The Balaban J connectivity index is 0.000000479. The van der Waals surface area contributed by atoms with E-state index in [0.29, 0.717) is 35.1 Å². The Morgan fingerprint density at radius 3 is 2.57 bits per heavy atom. The standard InChI is InChI=1S/C21H21N7O2.C2HF3O2/c1-4-5-11-28-17-18(24-20(28)27-12-9-23-10-13-27)25-21(26(3)19(17)29)30-16-8-6-7-15(14-16)22-2;3-2(4,5)1(6)7/h6-8,14,23H,9-13H2,1,3H3;(H,6,7). The number of imidazole rings is 1. The van der Waals surface area contributed by atoms with E-state index in [0.717, 1.165) is 26.2 Å². The van der Waals surface area contributed by atoms with E-state index >= 15 is 0 Å². The van der Waals surface area contributed by atoms with Gasteiger partial charge in [-0.2, -0.15) is 23.1 Å². The molecule has 3 aromatic rings. The Labute approximate surface area is 208 Å². The van der Waals surface area contributed by atoms with Crippen molar-refractivity contribution in [2.45, 2.75) is 19.6 Å². The molecule has 1 aliphatic heterocycles. The number of hydrogen-bond acceptors (Lipinski definition) is 7. The number of nitrogens with one attached hydrogen (secondary N) is 1. The molecule has 0 saturated carbocycles. The molecule has 4 rings (SSSR count). The third-order valence-corrected chi connectivity index (χ3v) is 5.14. The summed E-state index contributed by atoms with van der Waals surface area (Å²) in [6.07, 6.45) is -5.08. The van der Waals surface area contributed by atoms with Gasteiger partial charge in [-0.25, -0.2) is 9.64 Å². The number of carboxylic acid groups (broad SMARTS) is 1. The highest BCUT2D eigenvalue weighted by Gasteiger charge is 2.38. The summed E-state index contributed by atoms with van der Waals surface area (Å²) in [4.78, 5) is 36.8. The minimum atomic E-state index is -5.08. The zero-order valence-electron chi connectivity index (χ0n) is 19.8. The highest BCUT2D eigenvalue weighted by atomic mass is 19.4. The van der Waals surface area contributed by atoms with Crippen molar-refractivity contribution in [2.24, 2.45) is 7.05 Å². The molecule has 0 spiro atoms. The molecule has 1 saturated heterocycles. The third-order valence-electron chi connectivity index (χ3n) is 5.14. The minimum absolute atomic E-state index is 0.118. The minimum Gasteiger partial charge on any atom is -0.475 e. The van der Waals surface area contributed by atoms with Crippen LogP contribution in [-0.4, -0.2) is 62.5 Å². The van der Waals surface area contributed by atoms with Gasteiger partial charge in [0.25, 0.3) is 5.56 Å². The fraction of sp³-hybridized carbons (Fsp3) is 0.348. The normalized spacial score (nSPS) is 13.1. The summed E-state index contributed by atoms with van der Waals surface area (Å²) in [6.45, 7) is 12.5. The highest BCUT2D eigenvalue weighted by molar-refractivity contribution is 5.75. The number of aliphatic carboxylic acids is 1. The van der Waals surface area contributed by atoms with Crippen LogP contribution in [0.15, 0.2) is 29.1 Å². The van der Waals surface area contributed by atoms with Gasteiger partial charge in [0.1, 0.15) is 5.75 Å². The fourth-order valence-corrected chi connectivity index (χ4v) is 3.36. The van der Waals surface area contributed by atoms with Crippen LogP contribution in [0.4, 0.5) is 24.8 Å². The van der Waals surface area contributed by atoms with Gasteiger partial charge in [-0.05, 0) is 19.1 Å². The summed E-state index contributed by atoms with van der Waals surface area (Å²) in [5.74, 6) is 4.28. The molecule has 1 aromatic carbocycles. The Kier molecular flexibility index (Phi) is 8.37. The molecular weight excluding hydrogens is 495 g/mol. The number of benzene rings is 1. The van der Waals surface area contributed by atoms with E-state index < -0.39 is 12.1 Å². The lowest BCUT2D eigenvalue weighted by Crippen LogP contribution is -2.44. The van der Waals surface area contributed by atoms with Gasteiger partial charge < -0.3 is 20.1 Å². The summed E-state index contributed by atoms with van der Waals surface area (Å²) >= 11 is 0. The van der Waals surface area contributed by atoms with Crippen molar-refractivity contribution in [1.29, 1.82) is 0 Å². The molecule has 2 N–H and O–H groups in total. The first-order valence-corrected chi connectivity index (χ1v) is 10.8. The van der Waals surface area contributed by atoms with Gasteiger partial charge in [0.15, 0.2) is 16.9 Å². The maximum Gasteiger partial charge on any atom is 0.490 e. The van der Waals surface area contributed by atoms with E-state index in [2.05, 4.69) is 36.9 Å². The number of halogens is 3. The van der Waals surface area contributed by atoms with E-state index in [1.165, 1.54) is 4.57 Å². The summed E-state index contributed by atoms with van der Waals surface area (Å²) in [7, 11) is 1.61. The Morgan fingerprint density at radius 2 is 1.97 bits per heavy atom. The van der Waals surface area contributed by atoms with Gasteiger partial charge >= 0.3 is 18.2 Å². The first-order valence-electron chi connectivity index (χ1n) is 10.8. The topological polar surface area (TPSA) is 119 Å². The maximum atomic E-state index is 13.2. The summed E-state index contributed by atoms with van der Waals surface area (Å²) in [6, 6.07) is 6.84. The van der Waals surface area contributed by atoms with Crippen LogP contribution in [-0.2, 0) is 18.4 Å². The molecule has 0 aliphatic carbocycles. The van der Waals surface area contributed by atoms with E-state index in [-0.39, 0.29) is 11.6 Å². The largest absolute Gasteiger partial charge is 0.490 e. The second-order valence-corrected chi connectivity index (χ2v) is 7.61. The van der Waals surface area contributed by atoms with E-state index in [4.69, 9.17) is 21.2 Å². The van der Waals surface area contributed by atoms with Crippen molar-refractivity contribution in [2.75, 3.05) is 31.1 Å². The highest BCUT2D eigenvalue weighted by Crippen LogP contribution is 2.26. The zero-order chi connectivity index (χ0) is 27.2. The van der Waals surface area contributed by atoms with Crippen molar-refractivity contribution < 1.29 is 27.8 Å². The summed E-state index contributed by atoms with van der Waals surface area (Å²) in [5.41, 5.74) is 0.905. The number of hydrogen-bond donors (Lipinski definition) is 2. The molecule has 37 heavy (non-hydrogen) atoms. The smallest absolute Gasteiger partial charge is 0.475 e. The molecule has 0 bridgehead atoms. The van der Waals surface area contributed by atoms with Crippen molar-refractivity contribution in [3.05, 3.63) is 46.0 Å². The van der Waals surface area contributed by atoms with E-state index in [1.807, 2.05) is 4.57 Å². The number of carbonyl (C=O) groups is 1. The molecule has 1 aliphatic rings. The van der Waals surface area contributed by atoms with Gasteiger partial charge in [0.2, 0.25) is 5.95 Å². The van der Waals surface area contributed by atoms with Crippen LogP contribution in [0.1, 0.15) is 6.92 Å². The van der Waals surface area contributed by atoms with Crippen molar-refractivity contribution >= 4 is 28.8 Å². The number of ether oxygens (including phenoxy) is 1. The van der Waals surface area contributed by atoms with Crippen LogP contribution in [0.25, 0.3) is 16.0 Å². The number of carboxylic acids is 1. The number of alkyl halides is 3. The van der Waals surface area contributed by atoms with E-state index in [9.17, 15) is 18.0 Å². The Hall–Kier alpha value is -4.56. The number of rotatable bonds is 4. The first kappa shape index (κ1) is 27.0. The summed E-state index contributed by atoms with van der Waals surface area (Å²) < 4.78 is 40.7. The van der Waals surface area contributed by atoms with Gasteiger partial charge in [0, 0.05) is 33.2 Å². The van der Waals surface area contributed by atoms with Crippen molar-refractivity contribution in [3.63, 3.8) is 0 Å². The molecule has 11 nitrogen and oxygen atoms in total. The quantitative estimate of drug-likeness (QED) is 0.401. The molecule has 0 amide bonds. The lowest BCUT2D eigenvalue weighted by molar-refractivity contribution is -0.192. The van der Waals surface area contributed by atoms with Gasteiger partial charge in [-0.15, -0.1) is 5.92 Å². The average Bonchev–Trinajstić information content (AvgIpc) is 3.24. The van der Waals surface area contributed by atoms with Crippen LogP contribution in [0.2, 0.25) is 0 Å². The monoisotopic (exact) mass is 517 g/mol. The van der Waals surface area contributed by atoms with Crippen LogP contribution in [0.3, 0.4) is 0 Å². The summed E-state index contributed by atoms with van der Waals surface area (Å²) in [5, 5.41) is 10.4. The Morgan fingerprint density at radius 1 is 1.30 bits per heavy atom. The predicted octanol–water partition coefficient (Wildman–Crippen LogP) is 2.54. The third kappa shape index (κ3) is 6.36. The number of piperazine rings is 1. The molecule has 0 atom stereocenters. The molecule has 0 unspecified atom stereocenters. The van der Waals surface area contributed by atoms with Crippen LogP contribution < -0.4 is 20.5 Å². The van der Waals surface area contributed by atoms with E-state index in [1.54, 1.807) is 38.2 Å². The molecule has 1 fully saturated rings. The lowest BCUT2D eigenvalue weighted by Gasteiger charge is -2.28. The zero-order valence-corrected chi connectivity index (χ0v) is 19.8. The maximum absolute atomic E-state index is 13.2. The molecule has 194 valence electrons. The second kappa shape index (κ2) is 11.5. The van der Waals surface area contributed by atoms with Gasteiger partial charge in [-0.3, -0.25) is 13.9 Å². The van der Waals surface area contributed by atoms with Gasteiger partial charge in [-0.1, -0.05) is 18.1 Å². The van der Waals surface area contributed by atoms with Crippen LogP contribution in [0.5, 0.6) is 11.8 Å². The predicted molar refractivity (Wildman–Crippen MR) is 128 cm³/mol. The van der Waals surface area contributed by atoms with Crippen LogP contribution >= 0.6 is 0 Å². The number of anilines is 1. The fourth-order valence-electron chi connectivity index (χ4n) is 3.36. The number of nitrogens with zero attached hydrogens (tertiary/aromatic N) is 6. The van der Waals surface area contributed by atoms with Crippen LogP contribution in [0, 0.1) is 18.4 Å².